The molecule has 1 rings (SSSR count). The number of carbonyl (C=O) groups is 2. The van der Waals surface area contributed by atoms with Crippen LogP contribution in [0.25, 0.3) is 0 Å². The fourth-order valence-electron chi connectivity index (χ4n) is 1.88. The molecule has 0 aromatic heterocycles. The SMILES string of the molecule is CCCCCCCCC(=O)Oc1cccc(C=O)c1.NNC(N)=S. The monoisotopic (exact) mass is 353 g/mol. The summed E-state index contributed by atoms with van der Waals surface area (Å²) < 4.78 is 5.19. The van der Waals surface area contributed by atoms with Gasteiger partial charge in [-0.3, -0.25) is 9.59 Å². The average Bonchev–Trinajstić information content (AvgIpc) is 2.58. The van der Waals surface area contributed by atoms with Crippen LogP contribution in [0.2, 0.25) is 0 Å². The first-order chi connectivity index (χ1) is 11.5. The van der Waals surface area contributed by atoms with E-state index in [0.29, 0.717) is 17.7 Å². The molecule has 134 valence electrons. The molecule has 0 amide bonds. The minimum Gasteiger partial charge on any atom is -0.427 e. The van der Waals surface area contributed by atoms with Crippen molar-refractivity contribution in [1.82, 2.24) is 5.43 Å². The lowest BCUT2D eigenvalue weighted by molar-refractivity contribution is -0.134. The molecular formula is C17H27N3O3S. The fourth-order valence-corrected chi connectivity index (χ4v) is 1.88. The zero-order valence-corrected chi connectivity index (χ0v) is 14.9. The molecule has 0 radical (unpaired) electrons. The van der Waals surface area contributed by atoms with Gasteiger partial charge in [-0.05, 0) is 30.8 Å². The van der Waals surface area contributed by atoms with E-state index < -0.39 is 0 Å². The summed E-state index contributed by atoms with van der Waals surface area (Å²) in [6.45, 7) is 2.19. The van der Waals surface area contributed by atoms with Crippen LogP contribution >= 0.6 is 12.2 Å². The number of nitrogens with two attached hydrogens (primary N) is 2. The topological polar surface area (TPSA) is 107 Å². The molecule has 0 aliphatic rings. The minimum atomic E-state index is -0.224. The van der Waals surface area contributed by atoms with Gasteiger partial charge >= 0.3 is 5.97 Å². The van der Waals surface area contributed by atoms with Gasteiger partial charge in [0, 0.05) is 12.0 Å². The van der Waals surface area contributed by atoms with Crippen LogP contribution in [0.4, 0.5) is 0 Å². The van der Waals surface area contributed by atoms with Crippen LogP contribution in [0.15, 0.2) is 24.3 Å². The first kappa shape index (κ1) is 22.0. The van der Waals surface area contributed by atoms with Crippen LogP contribution in [0.1, 0.15) is 62.2 Å². The Morgan fingerprint density at radius 1 is 1.25 bits per heavy atom. The molecule has 0 unspecified atom stereocenters. The van der Waals surface area contributed by atoms with E-state index in [-0.39, 0.29) is 11.1 Å². The third-order valence-electron chi connectivity index (χ3n) is 3.10. The average molecular weight is 353 g/mol. The number of hydrogen-bond donors (Lipinski definition) is 3. The molecule has 0 bridgehead atoms. The van der Waals surface area contributed by atoms with E-state index in [1.54, 1.807) is 24.3 Å². The summed E-state index contributed by atoms with van der Waals surface area (Å²) in [5, 5.41) is 0.116. The van der Waals surface area contributed by atoms with Crippen molar-refractivity contribution in [3.63, 3.8) is 0 Å². The highest BCUT2D eigenvalue weighted by Gasteiger charge is 2.05. The summed E-state index contributed by atoms with van der Waals surface area (Å²) in [7, 11) is 0. The number of aldehydes is 1. The third-order valence-corrected chi connectivity index (χ3v) is 3.22. The number of rotatable bonds is 9. The van der Waals surface area contributed by atoms with Crippen LogP contribution in [-0.4, -0.2) is 17.4 Å². The third kappa shape index (κ3) is 12.5. The quantitative estimate of drug-likeness (QED) is 0.119. The second-order valence-corrected chi connectivity index (χ2v) is 5.63. The van der Waals surface area contributed by atoms with Crippen molar-refractivity contribution in [2.75, 3.05) is 0 Å². The first-order valence-electron chi connectivity index (χ1n) is 8.05. The Morgan fingerprint density at radius 3 is 2.46 bits per heavy atom. The summed E-state index contributed by atoms with van der Waals surface area (Å²) in [6, 6.07) is 6.65. The standard InChI is InChI=1S/C16H22O3.CH5N3S/c1-2-3-4-5-6-7-11-16(18)19-15-10-8-9-14(12-15)13-17;2-1(5)4-3/h8-10,12-13H,2-7,11H2,1H3;3H2,(H3,2,4,5). The number of hydrazine groups is 1. The van der Waals surface area contributed by atoms with Gasteiger partial charge in [-0.15, -0.1) is 0 Å². The van der Waals surface area contributed by atoms with E-state index in [1.807, 2.05) is 5.43 Å². The maximum absolute atomic E-state index is 11.6. The molecule has 0 fully saturated rings. The molecule has 1 aromatic carbocycles. The van der Waals surface area contributed by atoms with E-state index >= 15 is 0 Å². The normalized spacial score (nSPS) is 9.42. The van der Waals surface area contributed by atoms with E-state index in [1.165, 1.54) is 25.7 Å². The molecule has 0 atom stereocenters. The van der Waals surface area contributed by atoms with Gasteiger partial charge < -0.3 is 15.9 Å². The van der Waals surface area contributed by atoms with Gasteiger partial charge in [-0.2, -0.15) is 0 Å². The summed E-state index contributed by atoms with van der Waals surface area (Å²) in [6.07, 6.45) is 8.05. The Kier molecular flexibility index (Phi) is 13.4. The molecule has 6 nitrogen and oxygen atoms in total. The van der Waals surface area contributed by atoms with Crippen LogP contribution in [0.3, 0.4) is 0 Å². The van der Waals surface area contributed by atoms with E-state index in [4.69, 9.17) is 10.5 Å². The molecule has 0 aliphatic carbocycles. The molecule has 5 N–H and O–H groups in total. The van der Waals surface area contributed by atoms with Crippen molar-refractivity contribution in [3.05, 3.63) is 29.8 Å². The van der Waals surface area contributed by atoms with Crippen LogP contribution in [0.5, 0.6) is 5.75 Å². The highest BCUT2D eigenvalue weighted by Crippen LogP contribution is 2.14. The van der Waals surface area contributed by atoms with Gasteiger partial charge in [0.25, 0.3) is 0 Å². The zero-order valence-electron chi connectivity index (χ0n) is 14.1. The number of esters is 1. The van der Waals surface area contributed by atoms with Crippen molar-refractivity contribution in [2.45, 2.75) is 51.9 Å². The highest BCUT2D eigenvalue weighted by molar-refractivity contribution is 7.80. The Balaban J connectivity index is 0.000000922. The number of carbonyl (C=O) groups excluding carboxylic acids is 2. The van der Waals surface area contributed by atoms with Gasteiger partial charge in [-0.25, -0.2) is 5.84 Å². The van der Waals surface area contributed by atoms with Gasteiger partial charge in [0.2, 0.25) is 0 Å². The van der Waals surface area contributed by atoms with Gasteiger partial charge in [0.15, 0.2) is 5.11 Å². The molecule has 0 saturated heterocycles. The van der Waals surface area contributed by atoms with Crippen molar-refractivity contribution < 1.29 is 14.3 Å². The summed E-state index contributed by atoms with van der Waals surface area (Å²) in [4.78, 5) is 22.2. The molecule has 7 heteroatoms. The Labute approximate surface area is 148 Å². The maximum Gasteiger partial charge on any atom is 0.311 e. The number of hydrogen-bond acceptors (Lipinski definition) is 5. The molecule has 0 aliphatic heterocycles. The summed E-state index contributed by atoms with van der Waals surface area (Å²) in [5.74, 6) is 4.88. The first-order valence-corrected chi connectivity index (χ1v) is 8.46. The number of benzene rings is 1. The number of ether oxygens (including phenoxy) is 1. The fraction of sp³-hybridized carbons (Fsp3) is 0.471. The summed E-state index contributed by atoms with van der Waals surface area (Å²) >= 11 is 4.24. The zero-order chi connectivity index (χ0) is 18.2. The van der Waals surface area contributed by atoms with Gasteiger partial charge in [0.1, 0.15) is 12.0 Å². The number of thiocarbonyl (C=S) groups is 1. The molecule has 0 saturated carbocycles. The molecule has 0 heterocycles. The number of unbranched alkanes of at least 4 members (excludes halogenated alkanes) is 5. The predicted molar refractivity (Wildman–Crippen MR) is 99.6 cm³/mol. The Morgan fingerprint density at radius 2 is 1.88 bits per heavy atom. The summed E-state index contributed by atoms with van der Waals surface area (Å²) in [5.41, 5.74) is 7.34. The Bertz CT molecular complexity index is 510. The van der Waals surface area contributed by atoms with Crippen LogP contribution < -0.4 is 21.7 Å². The lowest BCUT2D eigenvalue weighted by atomic mass is 10.1. The van der Waals surface area contributed by atoms with E-state index in [9.17, 15) is 9.59 Å². The van der Waals surface area contributed by atoms with Gasteiger partial charge in [-0.1, -0.05) is 51.2 Å². The van der Waals surface area contributed by atoms with Crippen molar-refractivity contribution in [1.29, 1.82) is 0 Å². The molecule has 0 spiro atoms. The van der Waals surface area contributed by atoms with Crippen molar-refractivity contribution in [3.8, 4) is 5.75 Å². The smallest absolute Gasteiger partial charge is 0.311 e. The second kappa shape index (κ2) is 14.6. The minimum absolute atomic E-state index is 0.116. The van der Waals surface area contributed by atoms with E-state index in [0.717, 1.165) is 19.1 Å². The Hall–Kier alpha value is -1.99. The molecule has 1 aromatic rings. The second-order valence-electron chi connectivity index (χ2n) is 5.19. The molecular weight excluding hydrogens is 326 g/mol. The van der Waals surface area contributed by atoms with E-state index in [2.05, 4.69) is 25.0 Å². The maximum atomic E-state index is 11.6. The van der Waals surface area contributed by atoms with Crippen LogP contribution in [0, 0.1) is 0 Å². The lowest BCUT2D eigenvalue weighted by Gasteiger charge is -2.04. The predicted octanol–water partition coefficient (Wildman–Crippen LogP) is 2.85. The van der Waals surface area contributed by atoms with Crippen molar-refractivity contribution >= 4 is 29.6 Å². The van der Waals surface area contributed by atoms with Gasteiger partial charge in [0.05, 0.1) is 0 Å². The largest absolute Gasteiger partial charge is 0.427 e. The highest BCUT2D eigenvalue weighted by atomic mass is 32.1. The van der Waals surface area contributed by atoms with Crippen molar-refractivity contribution in [2.24, 2.45) is 11.6 Å². The lowest BCUT2D eigenvalue weighted by Crippen LogP contribution is -2.34. The van der Waals surface area contributed by atoms with Crippen LogP contribution in [-0.2, 0) is 4.79 Å². The number of nitrogens with one attached hydrogen (secondary N) is 1. The molecule has 24 heavy (non-hydrogen) atoms.